The molecule has 2 atom stereocenters. The Kier molecular flexibility index (Phi) is 4.57. The quantitative estimate of drug-likeness (QED) is 0.872. The standard InChI is InChI=1S/C15H22N4O2/c1-5-9(2)13(20)8-17-15(21)11-6-12-10(3)18-19(4)14(12)16-7-11/h6-7,9,13,20H,5,8H2,1-4H3,(H,17,21). The third-order valence-corrected chi connectivity index (χ3v) is 3.90. The van der Waals surface area contributed by atoms with Crippen LogP contribution in [0.5, 0.6) is 0 Å². The van der Waals surface area contributed by atoms with Crippen LogP contribution in [-0.2, 0) is 7.05 Å². The number of hydrogen-bond donors (Lipinski definition) is 2. The summed E-state index contributed by atoms with van der Waals surface area (Å²) in [5.41, 5.74) is 2.08. The summed E-state index contributed by atoms with van der Waals surface area (Å²) < 4.78 is 1.69. The Morgan fingerprint density at radius 3 is 2.90 bits per heavy atom. The molecule has 0 bridgehead atoms. The fraction of sp³-hybridized carbons (Fsp3) is 0.533. The Morgan fingerprint density at radius 1 is 1.52 bits per heavy atom. The van der Waals surface area contributed by atoms with E-state index in [1.807, 2.05) is 27.8 Å². The van der Waals surface area contributed by atoms with E-state index in [4.69, 9.17) is 0 Å². The van der Waals surface area contributed by atoms with Gasteiger partial charge in [0.2, 0.25) is 0 Å². The minimum absolute atomic E-state index is 0.159. The first-order valence-corrected chi connectivity index (χ1v) is 7.19. The molecule has 0 fully saturated rings. The summed E-state index contributed by atoms with van der Waals surface area (Å²) in [5.74, 6) is -0.0681. The second-order valence-corrected chi connectivity index (χ2v) is 5.47. The first-order valence-electron chi connectivity index (χ1n) is 7.19. The van der Waals surface area contributed by atoms with Gasteiger partial charge in [-0.25, -0.2) is 4.98 Å². The molecule has 2 rings (SSSR count). The Balaban J connectivity index is 2.11. The number of pyridine rings is 1. The lowest BCUT2D eigenvalue weighted by Gasteiger charge is -2.17. The number of aromatic nitrogens is 3. The van der Waals surface area contributed by atoms with Gasteiger partial charge in [-0.15, -0.1) is 0 Å². The van der Waals surface area contributed by atoms with Gasteiger partial charge >= 0.3 is 0 Å². The van der Waals surface area contributed by atoms with Crippen LogP contribution in [0.4, 0.5) is 0 Å². The number of fused-ring (bicyclic) bond motifs is 1. The van der Waals surface area contributed by atoms with Gasteiger partial charge in [0.1, 0.15) is 0 Å². The summed E-state index contributed by atoms with van der Waals surface area (Å²) in [6, 6.07) is 1.79. The van der Waals surface area contributed by atoms with Crippen LogP contribution in [0.15, 0.2) is 12.3 Å². The van der Waals surface area contributed by atoms with Crippen molar-refractivity contribution in [3.8, 4) is 0 Å². The molecule has 0 aliphatic rings. The maximum atomic E-state index is 12.1. The molecule has 114 valence electrons. The van der Waals surface area contributed by atoms with Gasteiger partial charge in [0.25, 0.3) is 5.91 Å². The number of nitrogens with one attached hydrogen (secondary N) is 1. The Bertz CT molecular complexity index is 650. The molecule has 0 spiro atoms. The number of carbonyl (C=O) groups is 1. The zero-order valence-corrected chi connectivity index (χ0v) is 12.9. The summed E-state index contributed by atoms with van der Waals surface area (Å²) in [6.45, 7) is 6.11. The SMILES string of the molecule is CCC(C)C(O)CNC(=O)c1cnc2c(c1)c(C)nn2C. The Morgan fingerprint density at radius 2 is 2.24 bits per heavy atom. The first-order chi connectivity index (χ1) is 9.93. The van der Waals surface area contributed by atoms with Crippen LogP contribution in [0.25, 0.3) is 11.0 Å². The van der Waals surface area contributed by atoms with Crippen LogP contribution in [0.1, 0.15) is 36.3 Å². The molecule has 0 aliphatic heterocycles. The molecule has 0 radical (unpaired) electrons. The molecule has 1 amide bonds. The maximum Gasteiger partial charge on any atom is 0.252 e. The first kappa shape index (κ1) is 15.4. The van der Waals surface area contributed by atoms with Gasteiger partial charge in [-0.2, -0.15) is 5.10 Å². The molecule has 0 aliphatic carbocycles. The molecular formula is C15H22N4O2. The van der Waals surface area contributed by atoms with Crippen molar-refractivity contribution in [2.75, 3.05) is 6.54 Å². The summed E-state index contributed by atoms with van der Waals surface area (Å²) in [5, 5.41) is 17.8. The normalized spacial score (nSPS) is 14.1. The number of aliphatic hydroxyl groups excluding tert-OH is 1. The molecule has 6 nitrogen and oxygen atoms in total. The van der Waals surface area contributed by atoms with E-state index in [0.29, 0.717) is 5.56 Å². The third kappa shape index (κ3) is 3.21. The van der Waals surface area contributed by atoms with Crippen molar-refractivity contribution in [1.29, 1.82) is 0 Å². The minimum atomic E-state index is -0.532. The van der Waals surface area contributed by atoms with Gasteiger partial charge < -0.3 is 10.4 Å². The molecule has 21 heavy (non-hydrogen) atoms. The highest BCUT2D eigenvalue weighted by Crippen LogP contribution is 2.16. The van der Waals surface area contributed by atoms with Gasteiger partial charge in [-0.3, -0.25) is 9.48 Å². The molecule has 2 unspecified atom stereocenters. The van der Waals surface area contributed by atoms with Crippen molar-refractivity contribution < 1.29 is 9.90 Å². The summed E-state index contributed by atoms with van der Waals surface area (Å²) in [6.07, 6.45) is 1.88. The highest BCUT2D eigenvalue weighted by Gasteiger charge is 2.15. The minimum Gasteiger partial charge on any atom is -0.391 e. The van der Waals surface area contributed by atoms with E-state index >= 15 is 0 Å². The third-order valence-electron chi connectivity index (χ3n) is 3.90. The van der Waals surface area contributed by atoms with Crippen LogP contribution in [-0.4, -0.2) is 38.4 Å². The number of rotatable bonds is 5. The van der Waals surface area contributed by atoms with Crippen molar-refractivity contribution in [2.24, 2.45) is 13.0 Å². The molecule has 2 aromatic heterocycles. The fourth-order valence-corrected chi connectivity index (χ4v) is 2.20. The van der Waals surface area contributed by atoms with Gasteiger partial charge in [0.15, 0.2) is 5.65 Å². The lowest BCUT2D eigenvalue weighted by Crippen LogP contribution is -2.35. The zero-order chi connectivity index (χ0) is 15.6. The molecule has 0 saturated heterocycles. The van der Waals surface area contributed by atoms with E-state index in [1.165, 1.54) is 6.20 Å². The van der Waals surface area contributed by atoms with Crippen LogP contribution < -0.4 is 5.32 Å². The zero-order valence-electron chi connectivity index (χ0n) is 12.9. The highest BCUT2D eigenvalue weighted by atomic mass is 16.3. The maximum absolute atomic E-state index is 12.1. The van der Waals surface area contributed by atoms with Gasteiger partial charge in [-0.1, -0.05) is 20.3 Å². The molecule has 2 N–H and O–H groups in total. The fourth-order valence-electron chi connectivity index (χ4n) is 2.20. The molecular weight excluding hydrogens is 268 g/mol. The second-order valence-electron chi connectivity index (χ2n) is 5.47. The number of nitrogens with zero attached hydrogens (tertiary/aromatic N) is 3. The molecule has 2 aromatic rings. The monoisotopic (exact) mass is 290 g/mol. The topological polar surface area (TPSA) is 80.0 Å². The second kappa shape index (κ2) is 6.22. The van der Waals surface area contributed by atoms with Gasteiger partial charge in [-0.05, 0) is 18.9 Å². The van der Waals surface area contributed by atoms with E-state index in [9.17, 15) is 9.90 Å². The van der Waals surface area contributed by atoms with Crippen molar-refractivity contribution in [3.05, 3.63) is 23.5 Å². The van der Waals surface area contributed by atoms with E-state index < -0.39 is 6.10 Å². The van der Waals surface area contributed by atoms with Crippen LogP contribution >= 0.6 is 0 Å². The predicted octanol–water partition coefficient (Wildman–Crippen LogP) is 1.41. The van der Waals surface area contributed by atoms with Gasteiger partial charge in [0, 0.05) is 25.2 Å². The number of aryl methyl sites for hydroxylation is 2. The summed E-state index contributed by atoms with van der Waals surface area (Å²) in [4.78, 5) is 16.4. The Hall–Kier alpha value is -1.95. The number of aliphatic hydroxyl groups is 1. The van der Waals surface area contributed by atoms with E-state index in [2.05, 4.69) is 15.4 Å². The van der Waals surface area contributed by atoms with E-state index in [0.717, 1.165) is 23.1 Å². The average molecular weight is 290 g/mol. The van der Waals surface area contributed by atoms with Crippen molar-refractivity contribution >= 4 is 16.9 Å². The molecule has 2 heterocycles. The molecule has 0 saturated carbocycles. The number of hydrogen-bond acceptors (Lipinski definition) is 4. The van der Waals surface area contributed by atoms with Crippen molar-refractivity contribution in [2.45, 2.75) is 33.3 Å². The number of amides is 1. The lowest BCUT2D eigenvalue weighted by molar-refractivity contribution is 0.0850. The van der Waals surface area contributed by atoms with Crippen molar-refractivity contribution in [1.82, 2.24) is 20.1 Å². The Labute approximate surface area is 124 Å². The molecule has 0 aromatic carbocycles. The van der Waals surface area contributed by atoms with Gasteiger partial charge in [0.05, 0.1) is 17.4 Å². The van der Waals surface area contributed by atoms with E-state index in [1.54, 1.807) is 10.7 Å². The highest BCUT2D eigenvalue weighted by molar-refractivity contribution is 5.97. The van der Waals surface area contributed by atoms with E-state index in [-0.39, 0.29) is 18.4 Å². The molecule has 6 heteroatoms. The van der Waals surface area contributed by atoms with Crippen LogP contribution in [0, 0.1) is 12.8 Å². The summed E-state index contributed by atoms with van der Waals surface area (Å²) >= 11 is 0. The summed E-state index contributed by atoms with van der Waals surface area (Å²) in [7, 11) is 1.82. The number of carbonyl (C=O) groups excluding carboxylic acids is 1. The van der Waals surface area contributed by atoms with Crippen LogP contribution in [0.2, 0.25) is 0 Å². The largest absolute Gasteiger partial charge is 0.391 e. The van der Waals surface area contributed by atoms with Crippen LogP contribution in [0.3, 0.4) is 0 Å². The average Bonchev–Trinajstić information content (AvgIpc) is 2.77. The lowest BCUT2D eigenvalue weighted by atomic mass is 10.0. The smallest absolute Gasteiger partial charge is 0.252 e. The predicted molar refractivity (Wildman–Crippen MR) is 81.0 cm³/mol. The van der Waals surface area contributed by atoms with Crippen molar-refractivity contribution in [3.63, 3.8) is 0 Å².